The van der Waals surface area contributed by atoms with E-state index in [9.17, 15) is 4.39 Å². The molecule has 0 aliphatic heterocycles. The zero-order valence-electron chi connectivity index (χ0n) is 11.1. The van der Waals surface area contributed by atoms with Crippen molar-refractivity contribution in [1.29, 1.82) is 0 Å². The van der Waals surface area contributed by atoms with E-state index in [2.05, 4.69) is 20.3 Å². The summed E-state index contributed by atoms with van der Waals surface area (Å²) in [7, 11) is 0. The average Bonchev–Trinajstić information content (AvgIpc) is 2.75. The van der Waals surface area contributed by atoms with Crippen molar-refractivity contribution in [2.75, 3.05) is 5.32 Å². The maximum absolute atomic E-state index is 13.9. The number of halogens is 1. The minimum Gasteiger partial charge on any atom is -0.364 e. The molecule has 0 saturated heterocycles. The lowest BCUT2D eigenvalue weighted by atomic mass is 10.2. The zero-order chi connectivity index (χ0) is 14.1. The van der Waals surface area contributed by atoms with Crippen LogP contribution in [0.4, 0.5) is 10.2 Å². The number of aromatic nitrogens is 3. The third-order valence-electron chi connectivity index (χ3n) is 3.03. The normalized spacial score (nSPS) is 10.9. The van der Waals surface area contributed by atoms with Crippen LogP contribution in [0.3, 0.4) is 0 Å². The van der Waals surface area contributed by atoms with E-state index in [1.54, 1.807) is 23.5 Å². The average molecular weight is 288 g/mol. The van der Waals surface area contributed by atoms with Gasteiger partial charge in [0.1, 0.15) is 18.0 Å². The number of benzene rings is 1. The van der Waals surface area contributed by atoms with Gasteiger partial charge in [-0.05, 0) is 26.0 Å². The van der Waals surface area contributed by atoms with E-state index < -0.39 is 0 Å². The van der Waals surface area contributed by atoms with Crippen molar-refractivity contribution in [3.63, 3.8) is 0 Å². The van der Waals surface area contributed by atoms with E-state index in [-0.39, 0.29) is 5.82 Å². The van der Waals surface area contributed by atoms with Crippen molar-refractivity contribution in [3.05, 3.63) is 45.9 Å². The molecule has 0 unspecified atom stereocenters. The van der Waals surface area contributed by atoms with Gasteiger partial charge >= 0.3 is 0 Å². The summed E-state index contributed by atoms with van der Waals surface area (Å²) in [5, 5.41) is 4.63. The smallest absolute Gasteiger partial charge is 0.140 e. The Labute approximate surface area is 119 Å². The van der Waals surface area contributed by atoms with E-state index in [0.29, 0.717) is 23.3 Å². The minimum atomic E-state index is -0.317. The molecule has 1 aromatic carbocycles. The van der Waals surface area contributed by atoms with Crippen LogP contribution in [0.15, 0.2) is 24.5 Å². The first kappa shape index (κ1) is 12.9. The molecular weight excluding hydrogens is 275 g/mol. The third kappa shape index (κ3) is 2.34. The van der Waals surface area contributed by atoms with Crippen molar-refractivity contribution in [2.45, 2.75) is 20.4 Å². The van der Waals surface area contributed by atoms with Crippen LogP contribution in [-0.4, -0.2) is 15.0 Å². The fourth-order valence-electron chi connectivity index (χ4n) is 2.10. The Morgan fingerprint density at radius 3 is 2.85 bits per heavy atom. The fraction of sp³-hybridized carbons (Fsp3) is 0.214. The van der Waals surface area contributed by atoms with Crippen LogP contribution in [-0.2, 0) is 6.54 Å². The molecule has 102 valence electrons. The second-order valence-electron chi connectivity index (χ2n) is 4.45. The van der Waals surface area contributed by atoms with E-state index >= 15 is 0 Å². The Morgan fingerprint density at radius 2 is 2.10 bits per heavy atom. The van der Waals surface area contributed by atoms with Crippen molar-refractivity contribution in [1.82, 2.24) is 15.0 Å². The second kappa shape index (κ2) is 5.13. The molecule has 0 fully saturated rings. The molecule has 0 spiro atoms. The fourth-order valence-corrected chi connectivity index (χ4v) is 2.98. The number of nitrogens with zero attached hydrogens (tertiary/aromatic N) is 3. The van der Waals surface area contributed by atoms with Gasteiger partial charge in [-0.3, -0.25) is 0 Å². The first-order chi connectivity index (χ1) is 9.65. The van der Waals surface area contributed by atoms with Crippen molar-refractivity contribution in [2.24, 2.45) is 0 Å². The number of nitrogens with one attached hydrogen (secondary N) is 1. The third-order valence-corrected chi connectivity index (χ3v) is 4.10. The number of hydrogen-bond acceptors (Lipinski definition) is 5. The molecule has 2 heterocycles. The summed E-state index contributed by atoms with van der Waals surface area (Å²) in [5.74, 6) is 0.196. The van der Waals surface area contributed by atoms with Crippen molar-refractivity contribution < 1.29 is 4.39 Å². The summed E-state index contributed by atoms with van der Waals surface area (Å²) in [6.45, 7) is 4.53. The highest BCUT2D eigenvalue weighted by Gasteiger charge is 2.10. The number of fused-ring (bicyclic) bond motifs is 1. The van der Waals surface area contributed by atoms with E-state index in [1.165, 1.54) is 12.4 Å². The van der Waals surface area contributed by atoms with Gasteiger partial charge in [-0.1, -0.05) is 6.07 Å². The quantitative estimate of drug-likeness (QED) is 0.802. The standard InChI is InChI=1S/C14H13FN4S/c1-8-12(20-9(2)19-8)6-16-14-13-10(15)4-3-5-11(13)17-7-18-14/h3-5,7H,6H2,1-2H3,(H,16,17,18). The van der Waals surface area contributed by atoms with Crippen LogP contribution in [0.25, 0.3) is 10.9 Å². The topological polar surface area (TPSA) is 50.7 Å². The summed E-state index contributed by atoms with van der Waals surface area (Å²) in [5.41, 5.74) is 1.60. The molecule has 20 heavy (non-hydrogen) atoms. The van der Waals surface area contributed by atoms with Crippen molar-refractivity contribution in [3.8, 4) is 0 Å². The van der Waals surface area contributed by atoms with Gasteiger partial charge in [-0.25, -0.2) is 19.3 Å². The van der Waals surface area contributed by atoms with Crippen LogP contribution in [0.5, 0.6) is 0 Å². The summed E-state index contributed by atoms with van der Waals surface area (Å²) >= 11 is 1.63. The largest absolute Gasteiger partial charge is 0.364 e. The number of rotatable bonds is 3. The zero-order valence-corrected chi connectivity index (χ0v) is 12.0. The lowest BCUT2D eigenvalue weighted by Gasteiger charge is -2.08. The maximum atomic E-state index is 13.9. The van der Waals surface area contributed by atoms with E-state index in [4.69, 9.17) is 0 Å². The summed E-state index contributed by atoms with van der Waals surface area (Å²) in [6.07, 6.45) is 1.44. The Hall–Kier alpha value is -2.08. The van der Waals surface area contributed by atoms with Crippen molar-refractivity contribution >= 4 is 28.1 Å². The van der Waals surface area contributed by atoms with Crippen LogP contribution in [0.1, 0.15) is 15.6 Å². The summed E-state index contributed by atoms with van der Waals surface area (Å²) < 4.78 is 13.9. The molecule has 0 saturated carbocycles. The molecule has 6 heteroatoms. The highest BCUT2D eigenvalue weighted by atomic mass is 32.1. The van der Waals surface area contributed by atoms with Crippen LogP contribution < -0.4 is 5.32 Å². The predicted molar refractivity (Wildman–Crippen MR) is 78.4 cm³/mol. The van der Waals surface area contributed by atoms with Crippen LogP contribution >= 0.6 is 11.3 Å². The molecule has 3 aromatic rings. The summed E-state index contributed by atoms with van der Waals surface area (Å²) in [4.78, 5) is 13.7. The van der Waals surface area contributed by atoms with Gasteiger partial charge in [0, 0.05) is 4.88 Å². The lowest BCUT2D eigenvalue weighted by molar-refractivity contribution is 0.639. The Balaban J connectivity index is 1.93. The van der Waals surface area contributed by atoms with Gasteiger partial charge in [0.15, 0.2) is 0 Å². The molecule has 0 radical (unpaired) electrons. The SMILES string of the molecule is Cc1nc(C)c(CNc2ncnc3cccc(F)c23)s1. The van der Waals surface area contributed by atoms with Crippen LogP contribution in [0, 0.1) is 19.7 Å². The first-order valence-corrected chi connectivity index (χ1v) is 7.03. The van der Waals surface area contributed by atoms with Gasteiger partial charge in [-0.15, -0.1) is 11.3 Å². The van der Waals surface area contributed by atoms with E-state index in [1.807, 2.05) is 13.8 Å². The molecule has 0 aliphatic rings. The number of thiazole rings is 1. The molecule has 0 aliphatic carbocycles. The molecule has 0 atom stereocenters. The first-order valence-electron chi connectivity index (χ1n) is 6.21. The highest BCUT2D eigenvalue weighted by Crippen LogP contribution is 2.24. The monoisotopic (exact) mass is 288 g/mol. The van der Waals surface area contributed by atoms with Crippen LogP contribution in [0.2, 0.25) is 0 Å². The Morgan fingerprint density at radius 1 is 1.25 bits per heavy atom. The molecule has 4 nitrogen and oxygen atoms in total. The minimum absolute atomic E-state index is 0.317. The number of anilines is 1. The number of hydrogen-bond donors (Lipinski definition) is 1. The van der Waals surface area contributed by atoms with Gasteiger partial charge in [0.25, 0.3) is 0 Å². The molecule has 2 aromatic heterocycles. The second-order valence-corrected chi connectivity index (χ2v) is 5.74. The molecule has 0 amide bonds. The highest BCUT2D eigenvalue weighted by molar-refractivity contribution is 7.11. The van der Waals surface area contributed by atoms with E-state index in [0.717, 1.165) is 15.6 Å². The number of aryl methyl sites for hydroxylation is 2. The molecular formula is C14H13FN4S. The maximum Gasteiger partial charge on any atom is 0.140 e. The molecule has 0 bridgehead atoms. The molecule has 1 N–H and O–H groups in total. The van der Waals surface area contributed by atoms with Gasteiger partial charge in [-0.2, -0.15) is 0 Å². The molecule has 3 rings (SSSR count). The summed E-state index contributed by atoms with van der Waals surface area (Å²) in [6, 6.07) is 4.83. The Bertz CT molecular complexity index is 764. The van der Waals surface area contributed by atoms with Gasteiger partial charge in [0.05, 0.1) is 28.1 Å². The predicted octanol–water partition coefficient (Wildman–Crippen LogP) is 3.45. The Kier molecular flexibility index (Phi) is 3.31. The van der Waals surface area contributed by atoms with Gasteiger partial charge in [0.2, 0.25) is 0 Å². The lowest BCUT2D eigenvalue weighted by Crippen LogP contribution is -2.03. The van der Waals surface area contributed by atoms with Gasteiger partial charge < -0.3 is 5.32 Å².